The van der Waals surface area contributed by atoms with E-state index in [-0.39, 0.29) is 12.6 Å². The first kappa shape index (κ1) is 13.0. The molecular weight excluding hydrogens is 277 g/mol. The van der Waals surface area contributed by atoms with Gasteiger partial charge in [0.25, 0.3) is 0 Å². The van der Waals surface area contributed by atoms with Gasteiger partial charge >= 0.3 is 0 Å². The summed E-state index contributed by atoms with van der Waals surface area (Å²) in [5, 5.41) is 13.0. The second-order valence-electron chi connectivity index (χ2n) is 3.40. The van der Waals surface area contributed by atoms with Gasteiger partial charge in [0.15, 0.2) is 0 Å². The third-order valence-electron chi connectivity index (χ3n) is 2.30. The van der Waals surface area contributed by atoms with E-state index in [1.807, 2.05) is 25.1 Å². The van der Waals surface area contributed by atoms with Gasteiger partial charge in [-0.2, -0.15) is 0 Å². The van der Waals surface area contributed by atoms with Gasteiger partial charge in [-0.05, 0) is 30.2 Å². The molecular formula is C11H15BrClNO. The second kappa shape index (κ2) is 6.48. The first-order valence-corrected chi connectivity index (χ1v) is 6.12. The standard InChI is InChI=1S/C11H15BrClNO/c1-2-10(7-15)14-6-8-5-9(12)3-4-11(8)13/h3-5,10,14-15H,2,6-7H2,1H3. The molecule has 0 heterocycles. The summed E-state index contributed by atoms with van der Waals surface area (Å²) in [6.45, 7) is 2.87. The van der Waals surface area contributed by atoms with Crippen molar-refractivity contribution >= 4 is 27.5 Å². The molecule has 1 atom stereocenters. The van der Waals surface area contributed by atoms with Crippen molar-refractivity contribution in [3.8, 4) is 0 Å². The Morgan fingerprint density at radius 2 is 2.27 bits per heavy atom. The number of rotatable bonds is 5. The first-order chi connectivity index (χ1) is 7.17. The van der Waals surface area contributed by atoms with Crippen molar-refractivity contribution in [2.24, 2.45) is 0 Å². The molecule has 2 N–H and O–H groups in total. The predicted octanol–water partition coefficient (Wildman–Crippen LogP) is 2.96. The van der Waals surface area contributed by atoms with E-state index in [2.05, 4.69) is 21.2 Å². The second-order valence-corrected chi connectivity index (χ2v) is 4.73. The van der Waals surface area contributed by atoms with Gasteiger partial charge in [0, 0.05) is 22.1 Å². The molecule has 0 spiro atoms. The molecule has 0 fully saturated rings. The Morgan fingerprint density at radius 1 is 1.53 bits per heavy atom. The van der Waals surface area contributed by atoms with Gasteiger partial charge < -0.3 is 10.4 Å². The molecule has 15 heavy (non-hydrogen) atoms. The number of hydrogen-bond acceptors (Lipinski definition) is 2. The summed E-state index contributed by atoms with van der Waals surface area (Å²) in [6.07, 6.45) is 0.905. The van der Waals surface area contributed by atoms with E-state index in [0.29, 0.717) is 6.54 Å². The van der Waals surface area contributed by atoms with Crippen molar-refractivity contribution in [3.05, 3.63) is 33.3 Å². The summed E-state index contributed by atoms with van der Waals surface area (Å²) in [6, 6.07) is 5.90. The lowest BCUT2D eigenvalue weighted by Gasteiger charge is -2.14. The third-order valence-corrected chi connectivity index (χ3v) is 3.16. The Kier molecular flexibility index (Phi) is 5.61. The Bertz CT molecular complexity index is 315. The minimum absolute atomic E-state index is 0.139. The summed E-state index contributed by atoms with van der Waals surface area (Å²) >= 11 is 9.44. The van der Waals surface area contributed by atoms with E-state index >= 15 is 0 Å². The molecule has 0 aliphatic rings. The van der Waals surface area contributed by atoms with Gasteiger partial charge in [0.2, 0.25) is 0 Å². The third kappa shape index (κ3) is 4.11. The van der Waals surface area contributed by atoms with Crippen LogP contribution in [0.3, 0.4) is 0 Å². The molecule has 1 aromatic carbocycles. The SMILES string of the molecule is CCC(CO)NCc1cc(Br)ccc1Cl. The van der Waals surface area contributed by atoms with Crippen molar-refractivity contribution in [2.75, 3.05) is 6.61 Å². The van der Waals surface area contributed by atoms with Gasteiger partial charge in [-0.3, -0.25) is 0 Å². The Balaban J connectivity index is 2.60. The average molecular weight is 293 g/mol. The zero-order valence-corrected chi connectivity index (χ0v) is 11.0. The molecule has 2 nitrogen and oxygen atoms in total. The highest BCUT2D eigenvalue weighted by molar-refractivity contribution is 9.10. The Morgan fingerprint density at radius 3 is 2.87 bits per heavy atom. The summed E-state index contributed by atoms with van der Waals surface area (Å²) < 4.78 is 1.01. The van der Waals surface area contributed by atoms with Crippen LogP contribution in [0.2, 0.25) is 5.02 Å². The number of nitrogens with one attached hydrogen (secondary N) is 1. The zero-order valence-electron chi connectivity index (χ0n) is 8.63. The quantitative estimate of drug-likeness (QED) is 0.874. The summed E-state index contributed by atoms with van der Waals surface area (Å²) in [5.41, 5.74) is 1.04. The van der Waals surface area contributed by atoms with Gasteiger partial charge in [0.1, 0.15) is 0 Å². The van der Waals surface area contributed by atoms with Crippen molar-refractivity contribution < 1.29 is 5.11 Å². The summed E-state index contributed by atoms with van der Waals surface area (Å²) in [4.78, 5) is 0. The van der Waals surface area contributed by atoms with Crippen LogP contribution in [0.4, 0.5) is 0 Å². The maximum atomic E-state index is 9.02. The van der Waals surface area contributed by atoms with Crippen LogP contribution >= 0.6 is 27.5 Å². The fourth-order valence-corrected chi connectivity index (χ4v) is 1.86. The number of aliphatic hydroxyl groups is 1. The summed E-state index contributed by atoms with van der Waals surface area (Å²) in [7, 11) is 0. The molecule has 1 aromatic rings. The number of halogens is 2. The van der Waals surface area contributed by atoms with E-state index < -0.39 is 0 Å². The van der Waals surface area contributed by atoms with Crippen LogP contribution in [0.15, 0.2) is 22.7 Å². The van der Waals surface area contributed by atoms with Gasteiger partial charge in [-0.1, -0.05) is 34.5 Å². The topological polar surface area (TPSA) is 32.3 Å². The molecule has 0 saturated heterocycles. The molecule has 0 aliphatic carbocycles. The fraction of sp³-hybridized carbons (Fsp3) is 0.455. The fourth-order valence-electron chi connectivity index (χ4n) is 1.27. The van der Waals surface area contributed by atoms with Crippen molar-refractivity contribution in [1.82, 2.24) is 5.32 Å². The lowest BCUT2D eigenvalue weighted by molar-refractivity contribution is 0.238. The predicted molar refractivity (Wildman–Crippen MR) is 67.2 cm³/mol. The molecule has 84 valence electrons. The smallest absolute Gasteiger partial charge is 0.0584 e. The molecule has 1 unspecified atom stereocenters. The Labute approximate surface area is 104 Å². The number of benzene rings is 1. The number of hydrogen-bond donors (Lipinski definition) is 2. The maximum Gasteiger partial charge on any atom is 0.0584 e. The highest BCUT2D eigenvalue weighted by Gasteiger charge is 2.05. The lowest BCUT2D eigenvalue weighted by Crippen LogP contribution is -2.31. The van der Waals surface area contributed by atoms with E-state index in [1.165, 1.54) is 0 Å². The minimum atomic E-state index is 0.139. The van der Waals surface area contributed by atoms with Crippen LogP contribution in [0.5, 0.6) is 0 Å². The summed E-state index contributed by atoms with van der Waals surface area (Å²) in [5.74, 6) is 0. The first-order valence-electron chi connectivity index (χ1n) is 4.95. The average Bonchev–Trinajstić information content (AvgIpc) is 2.24. The molecule has 0 aromatic heterocycles. The largest absolute Gasteiger partial charge is 0.395 e. The molecule has 0 amide bonds. The highest BCUT2D eigenvalue weighted by Crippen LogP contribution is 2.20. The highest BCUT2D eigenvalue weighted by atomic mass is 79.9. The normalized spacial score (nSPS) is 12.8. The molecule has 0 aliphatic heterocycles. The van der Waals surface area contributed by atoms with Crippen LogP contribution in [0.25, 0.3) is 0 Å². The molecule has 1 rings (SSSR count). The van der Waals surface area contributed by atoms with E-state index in [1.54, 1.807) is 0 Å². The van der Waals surface area contributed by atoms with Gasteiger partial charge in [-0.15, -0.1) is 0 Å². The van der Waals surface area contributed by atoms with Crippen LogP contribution in [0, 0.1) is 0 Å². The van der Waals surface area contributed by atoms with E-state index in [9.17, 15) is 0 Å². The molecule has 0 radical (unpaired) electrons. The maximum absolute atomic E-state index is 9.02. The minimum Gasteiger partial charge on any atom is -0.395 e. The van der Waals surface area contributed by atoms with Gasteiger partial charge in [-0.25, -0.2) is 0 Å². The van der Waals surface area contributed by atoms with Crippen LogP contribution < -0.4 is 5.32 Å². The Hall–Kier alpha value is -0.0900. The molecule has 0 saturated carbocycles. The van der Waals surface area contributed by atoms with Crippen molar-refractivity contribution in [2.45, 2.75) is 25.9 Å². The van der Waals surface area contributed by atoms with Gasteiger partial charge in [0.05, 0.1) is 6.61 Å². The lowest BCUT2D eigenvalue weighted by atomic mass is 10.2. The number of aliphatic hydroxyl groups excluding tert-OH is 1. The molecule has 4 heteroatoms. The monoisotopic (exact) mass is 291 g/mol. The molecule has 0 bridgehead atoms. The zero-order chi connectivity index (χ0) is 11.3. The van der Waals surface area contributed by atoms with Crippen LogP contribution in [0.1, 0.15) is 18.9 Å². The van der Waals surface area contributed by atoms with Crippen LogP contribution in [-0.2, 0) is 6.54 Å². The van der Waals surface area contributed by atoms with Crippen LogP contribution in [-0.4, -0.2) is 17.8 Å². The van der Waals surface area contributed by atoms with E-state index in [0.717, 1.165) is 21.5 Å². The van der Waals surface area contributed by atoms with E-state index in [4.69, 9.17) is 16.7 Å². The van der Waals surface area contributed by atoms with Crippen molar-refractivity contribution in [3.63, 3.8) is 0 Å². The van der Waals surface area contributed by atoms with Crippen molar-refractivity contribution in [1.29, 1.82) is 0 Å².